The van der Waals surface area contributed by atoms with E-state index in [4.69, 9.17) is 0 Å². The van der Waals surface area contributed by atoms with E-state index in [0.29, 0.717) is 0 Å². The maximum Gasteiger partial charge on any atom is 0.277 e. The fraction of sp³-hybridized carbons (Fsp3) is 0.625. The fourth-order valence-corrected chi connectivity index (χ4v) is 3.04. The van der Waals surface area contributed by atoms with Crippen LogP contribution in [0.1, 0.15) is 64.2 Å². The molecule has 0 aromatic rings. The van der Waals surface area contributed by atoms with Crippen molar-refractivity contribution in [1.29, 1.82) is 0 Å². The summed E-state index contributed by atoms with van der Waals surface area (Å²) in [6, 6.07) is 0. The molecule has 0 unspecified atom stereocenters. The van der Waals surface area contributed by atoms with Crippen LogP contribution >= 0.6 is 0 Å². The van der Waals surface area contributed by atoms with Gasteiger partial charge in [-0.05, 0) is 62.5 Å². The van der Waals surface area contributed by atoms with Gasteiger partial charge in [-0.3, -0.25) is 9.59 Å². The molecule has 2 aliphatic rings. The van der Waals surface area contributed by atoms with Crippen molar-refractivity contribution in [3.8, 4) is 0 Å². The molecular formula is C16H21O2. The molecule has 2 heteroatoms. The van der Waals surface area contributed by atoms with Crippen molar-refractivity contribution in [3.05, 3.63) is 22.8 Å². The van der Waals surface area contributed by atoms with E-state index in [-0.39, 0.29) is 0 Å². The van der Waals surface area contributed by atoms with Gasteiger partial charge in [-0.1, -0.05) is 18.9 Å². The van der Waals surface area contributed by atoms with Crippen LogP contribution in [0, 0.1) is 0 Å². The van der Waals surface area contributed by atoms with Gasteiger partial charge in [-0.25, -0.2) is 0 Å². The summed E-state index contributed by atoms with van der Waals surface area (Å²) in [7, 11) is 0. The predicted molar refractivity (Wildman–Crippen MR) is 72.0 cm³/mol. The Morgan fingerprint density at radius 3 is 2.50 bits per heavy atom. The highest BCUT2D eigenvalue weighted by atomic mass is 16.2. The lowest BCUT2D eigenvalue weighted by atomic mass is 9.91. The topological polar surface area (TPSA) is 34.1 Å². The van der Waals surface area contributed by atoms with Crippen molar-refractivity contribution >= 4 is 12.1 Å². The van der Waals surface area contributed by atoms with E-state index in [2.05, 4.69) is 6.08 Å². The Morgan fingerprint density at radius 1 is 0.944 bits per heavy atom. The number of ketones is 1. The molecule has 2 rings (SSSR count). The third-order valence-electron chi connectivity index (χ3n) is 4.01. The zero-order valence-corrected chi connectivity index (χ0v) is 11.0. The Morgan fingerprint density at radius 2 is 1.67 bits per heavy atom. The monoisotopic (exact) mass is 245 g/mol. The number of rotatable bonds is 3. The normalized spacial score (nSPS) is 21.9. The highest BCUT2D eigenvalue weighted by Crippen LogP contribution is 2.33. The molecular weight excluding hydrogens is 224 g/mol. The van der Waals surface area contributed by atoms with Gasteiger partial charge < -0.3 is 0 Å². The highest BCUT2D eigenvalue weighted by Gasteiger charge is 2.20. The number of carbonyl (C=O) groups is 1. The van der Waals surface area contributed by atoms with Gasteiger partial charge in [-0.15, -0.1) is 0 Å². The Kier molecular flexibility index (Phi) is 4.91. The van der Waals surface area contributed by atoms with Gasteiger partial charge in [0.05, 0.1) is 0 Å². The van der Waals surface area contributed by atoms with Gasteiger partial charge >= 0.3 is 0 Å². The van der Waals surface area contributed by atoms with Gasteiger partial charge in [0.15, 0.2) is 0 Å². The minimum atomic E-state index is -0.406. The lowest BCUT2D eigenvalue weighted by molar-refractivity contribution is -0.110. The Labute approximate surface area is 109 Å². The van der Waals surface area contributed by atoms with Crippen LogP contribution in [0.5, 0.6) is 0 Å². The first-order valence-electron chi connectivity index (χ1n) is 7.17. The van der Waals surface area contributed by atoms with Gasteiger partial charge in [-0.2, -0.15) is 0 Å². The molecule has 0 saturated carbocycles. The zero-order valence-electron chi connectivity index (χ0n) is 11.0. The van der Waals surface area contributed by atoms with Crippen molar-refractivity contribution in [2.75, 3.05) is 0 Å². The van der Waals surface area contributed by atoms with Crippen LogP contribution in [0.4, 0.5) is 0 Å². The summed E-state index contributed by atoms with van der Waals surface area (Å²) in [4.78, 5) is 22.4. The maximum absolute atomic E-state index is 11.7. The van der Waals surface area contributed by atoms with Gasteiger partial charge in [0.2, 0.25) is 5.78 Å². The standard InChI is InChI=1S/C16H21O2/c17-12-16(18)15-11-7-3-6-10-14(15)13-8-4-1-2-5-9-13/h8H,1-7,9-11H2. The van der Waals surface area contributed by atoms with Gasteiger partial charge in [0, 0.05) is 5.57 Å². The summed E-state index contributed by atoms with van der Waals surface area (Å²) in [5, 5.41) is 0. The molecule has 0 aromatic carbocycles. The average Bonchev–Trinajstić information content (AvgIpc) is 2.79. The van der Waals surface area contributed by atoms with Crippen LogP contribution in [0.2, 0.25) is 0 Å². The second-order valence-electron chi connectivity index (χ2n) is 5.28. The van der Waals surface area contributed by atoms with Crippen LogP contribution < -0.4 is 0 Å². The number of carbonyl (C=O) groups excluding carboxylic acids is 2. The molecule has 0 aromatic heterocycles. The lowest BCUT2D eigenvalue weighted by Crippen LogP contribution is -2.08. The van der Waals surface area contributed by atoms with E-state index in [9.17, 15) is 9.59 Å². The quantitative estimate of drug-likeness (QED) is 0.708. The molecule has 97 valence electrons. The van der Waals surface area contributed by atoms with Crippen molar-refractivity contribution in [2.45, 2.75) is 64.2 Å². The molecule has 0 fully saturated rings. The molecule has 0 N–H and O–H groups in total. The SMILES string of the molecule is O=[C]C(=O)C1=C(C2=CCCCCC2)CCCCC1. The van der Waals surface area contributed by atoms with Crippen molar-refractivity contribution < 1.29 is 9.59 Å². The zero-order chi connectivity index (χ0) is 12.8. The first-order chi connectivity index (χ1) is 8.83. The minimum Gasteiger partial charge on any atom is -0.285 e. The summed E-state index contributed by atoms with van der Waals surface area (Å²) in [5.74, 6) is -0.406. The predicted octanol–water partition coefficient (Wildman–Crippen LogP) is 3.82. The van der Waals surface area contributed by atoms with E-state index in [1.807, 2.05) is 0 Å². The summed E-state index contributed by atoms with van der Waals surface area (Å²) >= 11 is 0. The van der Waals surface area contributed by atoms with E-state index in [0.717, 1.165) is 50.5 Å². The van der Waals surface area contributed by atoms with Crippen LogP contribution in [0.3, 0.4) is 0 Å². The molecule has 18 heavy (non-hydrogen) atoms. The van der Waals surface area contributed by atoms with E-state index < -0.39 is 5.78 Å². The highest BCUT2D eigenvalue weighted by molar-refractivity contribution is 6.33. The minimum absolute atomic E-state index is 0.406. The van der Waals surface area contributed by atoms with E-state index in [1.54, 1.807) is 6.29 Å². The molecule has 0 saturated heterocycles. The maximum atomic E-state index is 11.7. The molecule has 2 nitrogen and oxygen atoms in total. The molecule has 0 heterocycles. The summed E-state index contributed by atoms with van der Waals surface area (Å²) < 4.78 is 0. The first-order valence-corrected chi connectivity index (χ1v) is 7.17. The van der Waals surface area contributed by atoms with Crippen molar-refractivity contribution in [1.82, 2.24) is 0 Å². The molecule has 0 spiro atoms. The Hall–Kier alpha value is -1.18. The Balaban J connectivity index is 2.32. The second-order valence-corrected chi connectivity index (χ2v) is 5.28. The lowest BCUT2D eigenvalue weighted by Gasteiger charge is -2.13. The third-order valence-corrected chi connectivity index (χ3v) is 4.01. The van der Waals surface area contributed by atoms with Crippen LogP contribution in [0.15, 0.2) is 22.8 Å². The van der Waals surface area contributed by atoms with E-state index >= 15 is 0 Å². The number of hydrogen-bond donors (Lipinski definition) is 0. The molecule has 0 atom stereocenters. The van der Waals surface area contributed by atoms with Crippen molar-refractivity contribution in [3.63, 3.8) is 0 Å². The summed E-state index contributed by atoms with van der Waals surface area (Å²) in [6.45, 7) is 0. The first kappa shape index (κ1) is 13.3. The summed E-state index contributed by atoms with van der Waals surface area (Å²) in [5.41, 5.74) is 3.28. The van der Waals surface area contributed by atoms with Crippen LogP contribution in [-0.4, -0.2) is 12.1 Å². The van der Waals surface area contributed by atoms with Gasteiger partial charge in [0.1, 0.15) is 0 Å². The smallest absolute Gasteiger partial charge is 0.277 e. The second kappa shape index (κ2) is 6.67. The molecule has 2 aliphatic carbocycles. The molecule has 0 aliphatic heterocycles. The number of hydrogen-bond acceptors (Lipinski definition) is 2. The summed E-state index contributed by atoms with van der Waals surface area (Å²) in [6.07, 6.45) is 14.9. The molecule has 0 bridgehead atoms. The number of allylic oxidation sites excluding steroid dienone is 4. The van der Waals surface area contributed by atoms with Crippen molar-refractivity contribution in [2.24, 2.45) is 0 Å². The number of Topliss-reactive ketones (excluding diaryl/α,β-unsaturated/α-hetero) is 1. The fourth-order valence-electron chi connectivity index (χ4n) is 3.04. The largest absolute Gasteiger partial charge is 0.285 e. The van der Waals surface area contributed by atoms with Gasteiger partial charge in [0.25, 0.3) is 6.29 Å². The third kappa shape index (κ3) is 3.18. The Bertz CT molecular complexity index is 388. The van der Waals surface area contributed by atoms with Crippen LogP contribution in [-0.2, 0) is 9.59 Å². The average molecular weight is 245 g/mol. The van der Waals surface area contributed by atoms with E-state index in [1.165, 1.54) is 30.4 Å². The molecule has 1 radical (unpaired) electrons. The molecule has 0 amide bonds. The van der Waals surface area contributed by atoms with Crippen LogP contribution in [0.25, 0.3) is 0 Å².